The molecule has 3 N–H and O–H groups in total. The Labute approximate surface area is 143 Å². The molecule has 5 heteroatoms. The quantitative estimate of drug-likeness (QED) is 0.836. The molecular formula is C19H26N4O+2. The lowest BCUT2D eigenvalue weighted by molar-refractivity contribution is -0.892. The maximum absolute atomic E-state index is 12.2. The number of rotatable bonds is 5. The molecule has 5 nitrogen and oxygen atoms in total. The van der Waals surface area contributed by atoms with E-state index in [9.17, 15) is 4.79 Å². The van der Waals surface area contributed by atoms with E-state index in [1.807, 2.05) is 30.5 Å². The lowest BCUT2D eigenvalue weighted by Gasteiger charge is -2.27. The third-order valence-corrected chi connectivity index (χ3v) is 4.56. The maximum Gasteiger partial charge on any atom is 0.279 e. The van der Waals surface area contributed by atoms with Crippen LogP contribution in [-0.2, 0) is 11.2 Å². The summed E-state index contributed by atoms with van der Waals surface area (Å²) in [5, 5.41) is 3.00. The van der Waals surface area contributed by atoms with Crippen LogP contribution in [0, 0.1) is 0 Å². The van der Waals surface area contributed by atoms with Crippen molar-refractivity contribution in [2.45, 2.75) is 13.3 Å². The molecule has 0 saturated carbocycles. The van der Waals surface area contributed by atoms with Crippen molar-refractivity contribution in [1.82, 2.24) is 0 Å². The number of aromatic nitrogens is 1. The zero-order chi connectivity index (χ0) is 16.8. The molecule has 2 aromatic rings. The predicted molar refractivity (Wildman–Crippen MR) is 95.2 cm³/mol. The number of aromatic amines is 1. The number of piperazine rings is 1. The highest BCUT2D eigenvalue weighted by Crippen LogP contribution is 2.09. The monoisotopic (exact) mass is 326 g/mol. The molecule has 1 aromatic heterocycles. The zero-order valence-electron chi connectivity index (χ0n) is 14.2. The van der Waals surface area contributed by atoms with E-state index in [2.05, 4.69) is 40.3 Å². The van der Waals surface area contributed by atoms with E-state index < -0.39 is 0 Å². The van der Waals surface area contributed by atoms with E-state index >= 15 is 0 Å². The molecule has 3 rings (SSSR count). The highest BCUT2D eigenvalue weighted by Gasteiger charge is 2.27. The van der Waals surface area contributed by atoms with Gasteiger partial charge in [-0.05, 0) is 30.2 Å². The average Bonchev–Trinajstić information content (AvgIpc) is 2.64. The molecule has 0 unspecified atom stereocenters. The molecule has 0 spiro atoms. The molecule has 1 fully saturated rings. The Morgan fingerprint density at radius 3 is 2.54 bits per heavy atom. The first-order valence-corrected chi connectivity index (χ1v) is 8.68. The Hall–Kier alpha value is -2.40. The van der Waals surface area contributed by atoms with Crippen molar-refractivity contribution in [3.63, 3.8) is 0 Å². The first-order valence-electron chi connectivity index (χ1n) is 8.68. The summed E-state index contributed by atoms with van der Waals surface area (Å²) in [6, 6.07) is 14.2. The molecule has 0 aliphatic carbocycles. The standard InChI is InChI=1S/C19H24N4O/c1-2-16-6-8-17(9-7-16)21-19(24)15-22-11-13-23(14-12-22)18-5-3-4-10-20-18/h3-10H,2,11-15H2,1H3,(H,21,24)/p+2. The number of H-pyrrole nitrogens is 1. The topological polar surface area (TPSA) is 50.9 Å². The Morgan fingerprint density at radius 1 is 1.17 bits per heavy atom. The third-order valence-electron chi connectivity index (χ3n) is 4.56. The molecule has 24 heavy (non-hydrogen) atoms. The van der Waals surface area contributed by atoms with Crippen LogP contribution in [0.5, 0.6) is 0 Å². The van der Waals surface area contributed by atoms with Crippen molar-refractivity contribution in [3.05, 3.63) is 54.2 Å². The van der Waals surface area contributed by atoms with Crippen LogP contribution in [0.2, 0.25) is 0 Å². The summed E-state index contributed by atoms with van der Waals surface area (Å²) in [5.74, 6) is 1.24. The van der Waals surface area contributed by atoms with Crippen LogP contribution in [0.15, 0.2) is 48.7 Å². The highest BCUT2D eigenvalue weighted by atomic mass is 16.2. The van der Waals surface area contributed by atoms with E-state index in [1.165, 1.54) is 10.5 Å². The molecule has 1 aromatic carbocycles. The smallest absolute Gasteiger partial charge is 0.279 e. The van der Waals surface area contributed by atoms with Gasteiger partial charge in [0, 0.05) is 11.8 Å². The lowest BCUT2D eigenvalue weighted by Crippen LogP contribution is -3.15. The van der Waals surface area contributed by atoms with Gasteiger partial charge in [-0.3, -0.25) is 9.69 Å². The molecule has 0 atom stereocenters. The van der Waals surface area contributed by atoms with Gasteiger partial charge in [0.25, 0.3) is 11.7 Å². The number of pyridine rings is 1. The van der Waals surface area contributed by atoms with Gasteiger partial charge in [-0.25, -0.2) is 4.98 Å². The van der Waals surface area contributed by atoms with E-state index in [0.717, 1.165) is 44.1 Å². The predicted octanol–water partition coefficient (Wildman–Crippen LogP) is 0.407. The van der Waals surface area contributed by atoms with Crippen LogP contribution in [-0.4, -0.2) is 38.6 Å². The summed E-state index contributed by atoms with van der Waals surface area (Å²) in [5.41, 5.74) is 2.17. The van der Waals surface area contributed by atoms with Crippen LogP contribution >= 0.6 is 0 Å². The van der Waals surface area contributed by atoms with Crippen LogP contribution in [0.4, 0.5) is 11.5 Å². The SMILES string of the molecule is CCc1ccc(NC(=O)C[NH+]2CCN(c3cccc[nH+]3)CC2)cc1. The summed E-state index contributed by atoms with van der Waals surface area (Å²) < 4.78 is 0. The van der Waals surface area contributed by atoms with Crippen molar-refractivity contribution in [1.29, 1.82) is 0 Å². The molecule has 126 valence electrons. The number of nitrogens with zero attached hydrogens (tertiary/aromatic N) is 1. The number of hydrogen-bond donors (Lipinski definition) is 2. The fourth-order valence-corrected chi connectivity index (χ4v) is 3.08. The molecule has 0 radical (unpaired) electrons. The molecule has 1 saturated heterocycles. The first-order chi connectivity index (χ1) is 11.7. The van der Waals surface area contributed by atoms with Gasteiger partial charge in [0.1, 0.15) is 26.2 Å². The summed E-state index contributed by atoms with van der Waals surface area (Å²) >= 11 is 0. The van der Waals surface area contributed by atoms with Crippen molar-refractivity contribution in [2.24, 2.45) is 0 Å². The minimum absolute atomic E-state index is 0.0916. The second kappa shape index (κ2) is 7.93. The van der Waals surface area contributed by atoms with Crippen LogP contribution in [0.25, 0.3) is 0 Å². The summed E-state index contributed by atoms with van der Waals surface area (Å²) in [7, 11) is 0. The van der Waals surface area contributed by atoms with Crippen molar-refractivity contribution >= 4 is 17.4 Å². The third kappa shape index (κ3) is 4.32. The number of hydrogen-bond acceptors (Lipinski definition) is 2. The number of anilines is 2. The molecule has 0 bridgehead atoms. The van der Waals surface area contributed by atoms with Gasteiger partial charge >= 0.3 is 0 Å². The lowest BCUT2D eigenvalue weighted by atomic mass is 10.1. The van der Waals surface area contributed by atoms with E-state index in [-0.39, 0.29) is 5.91 Å². The van der Waals surface area contributed by atoms with E-state index in [4.69, 9.17) is 0 Å². The number of carbonyl (C=O) groups excluding carboxylic acids is 1. The van der Waals surface area contributed by atoms with E-state index in [0.29, 0.717) is 6.54 Å². The van der Waals surface area contributed by atoms with Crippen LogP contribution in [0.1, 0.15) is 12.5 Å². The normalized spacial score (nSPS) is 15.3. The van der Waals surface area contributed by atoms with Gasteiger partial charge in [0.05, 0.1) is 6.20 Å². The fraction of sp³-hybridized carbons (Fsp3) is 0.368. The number of quaternary nitrogens is 1. The van der Waals surface area contributed by atoms with Gasteiger partial charge in [0.2, 0.25) is 0 Å². The second-order valence-electron chi connectivity index (χ2n) is 6.26. The summed E-state index contributed by atoms with van der Waals surface area (Å²) in [6.07, 6.45) is 2.97. The molecule has 1 amide bonds. The number of amides is 1. The second-order valence-corrected chi connectivity index (χ2v) is 6.26. The van der Waals surface area contributed by atoms with Crippen LogP contribution in [0.3, 0.4) is 0 Å². The van der Waals surface area contributed by atoms with Crippen LogP contribution < -0.4 is 20.1 Å². The largest absolute Gasteiger partial charge is 0.321 e. The molecule has 1 aliphatic rings. The number of nitrogens with one attached hydrogen (secondary N) is 3. The maximum atomic E-state index is 12.2. The molecule has 1 aliphatic heterocycles. The van der Waals surface area contributed by atoms with Crippen molar-refractivity contribution in [2.75, 3.05) is 42.9 Å². The summed E-state index contributed by atoms with van der Waals surface area (Å²) in [6.45, 7) is 6.55. The van der Waals surface area contributed by atoms with E-state index in [1.54, 1.807) is 0 Å². The minimum atomic E-state index is 0.0916. The van der Waals surface area contributed by atoms with Gasteiger partial charge in [0.15, 0.2) is 6.54 Å². The molecule has 2 heterocycles. The summed E-state index contributed by atoms with van der Waals surface area (Å²) in [4.78, 5) is 19.2. The van der Waals surface area contributed by atoms with Gasteiger partial charge in [-0.15, -0.1) is 0 Å². The zero-order valence-corrected chi connectivity index (χ0v) is 14.2. The molecular weight excluding hydrogens is 300 g/mol. The first kappa shape index (κ1) is 16.5. The van der Waals surface area contributed by atoms with Gasteiger partial charge < -0.3 is 10.2 Å². The Morgan fingerprint density at radius 2 is 1.92 bits per heavy atom. The Balaban J connectivity index is 1.46. The minimum Gasteiger partial charge on any atom is -0.321 e. The van der Waals surface area contributed by atoms with Crippen molar-refractivity contribution in [3.8, 4) is 0 Å². The van der Waals surface area contributed by atoms with Gasteiger partial charge in [-0.2, -0.15) is 0 Å². The van der Waals surface area contributed by atoms with Gasteiger partial charge in [-0.1, -0.05) is 25.1 Å². The highest BCUT2D eigenvalue weighted by molar-refractivity contribution is 5.91. The number of carbonyl (C=O) groups is 1. The Bertz CT molecular complexity index is 649. The van der Waals surface area contributed by atoms with Crippen molar-refractivity contribution < 1.29 is 14.7 Å². The number of benzene rings is 1. The average molecular weight is 326 g/mol. The Kier molecular flexibility index (Phi) is 5.43. The fourth-order valence-electron chi connectivity index (χ4n) is 3.08. The number of aryl methyl sites for hydroxylation is 1.